The van der Waals surface area contributed by atoms with Crippen LogP contribution in [0.5, 0.6) is 11.5 Å². The number of hydrogen-bond acceptors (Lipinski definition) is 26. The molecule has 0 aliphatic rings. The van der Waals surface area contributed by atoms with Crippen molar-refractivity contribution in [2.45, 2.75) is 127 Å². The quantitative estimate of drug-likeness (QED) is 0.0166. The van der Waals surface area contributed by atoms with Crippen molar-refractivity contribution >= 4 is 113 Å². The van der Waals surface area contributed by atoms with Crippen molar-refractivity contribution in [3.05, 3.63) is 59.7 Å². The fraction of sp³-hybridized carbons (Fsp3) is 0.557. The molecule has 2 aromatic carbocycles. The number of phenols is 2. The maximum atomic E-state index is 14.1. The highest BCUT2D eigenvalue weighted by atomic mass is 16.4. The summed E-state index contributed by atoms with van der Waals surface area (Å²) < 4.78 is 0. The summed E-state index contributed by atoms with van der Waals surface area (Å²) >= 11 is 0. The van der Waals surface area contributed by atoms with E-state index in [9.17, 15) is 117 Å². The number of aliphatic hydroxyl groups is 2. The number of carbonyl (C=O) groups excluding carboxylic acids is 14. The topological polar surface area (TPSA) is 762 Å². The number of guanidine groups is 2. The molecule has 0 aliphatic carbocycles. The van der Waals surface area contributed by atoms with Gasteiger partial charge in [0.2, 0.25) is 82.7 Å². The number of phenolic OH excluding ortho intramolecular Hbond substituents is 2. The average Bonchev–Trinajstić information content (AvgIpc) is 0.855. The normalized spacial score (nSPS) is 13.5. The summed E-state index contributed by atoms with van der Waals surface area (Å²) in [5.74, 6) is -19.9. The number of hydrogen-bond donors (Lipinski definition) is 27. The third-order valence-corrected chi connectivity index (χ3v) is 17.6. The number of benzene rings is 2. The summed E-state index contributed by atoms with van der Waals surface area (Å²) in [7, 11) is 0. The van der Waals surface area contributed by atoms with Gasteiger partial charge in [0.15, 0.2) is 11.9 Å². The van der Waals surface area contributed by atoms with Gasteiger partial charge in [0.1, 0.15) is 59.8 Å². The molecule has 0 heterocycles. The molecule has 650 valence electrons. The number of amides is 14. The van der Waals surface area contributed by atoms with Crippen molar-refractivity contribution in [1.82, 2.24) is 89.1 Å². The molecule has 0 aromatic heterocycles. The number of carboxylic acids is 3. The fourth-order valence-electron chi connectivity index (χ4n) is 10.9. The predicted octanol–water partition coefficient (Wildman–Crippen LogP) is -11.0. The minimum Gasteiger partial charge on any atom is -0.508 e. The largest absolute Gasteiger partial charge is 0.508 e. The van der Waals surface area contributed by atoms with E-state index in [1.807, 2.05) is 0 Å². The van der Waals surface area contributed by atoms with Crippen LogP contribution in [0.1, 0.15) is 77.3 Å². The number of aliphatic hydroxyl groups excluding tert-OH is 2. The van der Waals surface area contributed by atoms with Gasteiger partial charge in [-0.15, -0.1) is 0 Å². The Morgan fingerprint density at radius 1 is 0.368 bits per heavy atom. The highest BCUT2D eigenvalue weighted by Crippen LogP contribution is 2.16. The van der Waals surface area contributed by atoms with Gasteiger partial charge in [0.25, 0.3) is 0 Å². The van der Waals surface area contributed by atoms with Gasteiger partial charge in [0, 0.05) is 52.1 Å². The van der Waals surface area contributed by atoms with E-state index in [4.69, 9.17) is 33.8 Å². The molecule has 0 fully saturated rings. The van der Waals surface area contributed by atoms with E-state index < -0.39 is 233 Å². The van der Waals surface area contributed by atoms with Gasteiger partial charge in [-0.05, 0) is 72.9 Å². The molecule has 0 spiro atoms. The molecular formula is C70H111N23O24. The van der Waals surface area contributed by atoms with E-state index >= 15 is 0 Å². The number of nitrogens with zero attached hydrogens (tertiary/aromatic N) is 3. The molecule has 2 rings (SSSR count). The third-order valence-electron chi connectivity index (χ3n) is 17.6. The predicted molar refractivity (Wildman–Crippen MR) is 413 cm³/mol. The molecule has 0 bridgehead atoms. The van der Waals surface area contributed by atoms with Crippen molar-refractivity contribution < 1.29 is 117 Å². The second-order valence-corrected chi connectivity index (χ2v) is 27.1. The van der Waals surface area contributed by atoms with Crippen LogP contribution in [0.15, 0.2) is 48.5 Å². The first kappa shape index (κ1) is 100. The highest BCUT2D eigenvalue weighted by Gasteiger charge is 2.35. The number of carboxylic acid groups (broad SMARTS) is 3. The molecule has 0 saturated carbocycles. The molecule has 10 atom stereocenters. The molecule has 47 heteroatoms. The second-order valence-electron chi connectivity index (χ2n) is 27.1. The Labute approximate surface area is 672 Å². The molecule has 0 saturated heterocycles. The monoisotopic (exact) mass is 1660 g/mol. The molecule has 0 radical (unpaired) electrons. The lowest BCUT2D eigenvalue weighted by Gasteiger charge is -2.28. The number of nitrogens with two attached hydrogens (primary N) is 4. The van der Waals surface area contributed by atoms with Gasteiger partial charge in [-0.3, -0.25) is 107 Å². The molecule has 14 amide bonds. The van der Waals surface area contributed by atoms with Crippen LogP contribution in [0.25, 0.3) is 0 Å². The molecule has 0 unspecified atom stereocenters. The van der Waals surface area contributed by atoms with E-state index in [2.05, 4.69) is 74.4 Å². The Kier molecular flexibility index (Phi) is 45.9. The van der Waals surface area contributed by atoms with Crippen LogP contribution in [0.2, 0.25) is 0 Å². The Morgan fingerprint density at radius 3 is 0.949 bits per heavy atom. The van der Waals surface area contributed by atoms with Gasteiger partial charge in [-0.2, -0.15) is 0 Å². The van der Waals surface area contributed by atoms with E-state index in [0.29, 0.717) is 11.1 Å². The lowest BCUT2D eigenvalue weighted by Crippen LogP contribution is -2.58. The first-order valence-corrected chi connectivity index (χ1v) is 37.0. The van der Waals surface area contributed by atoms with Crippen LogP contribution in [-0.2, 0) is 94.3 Å². The summed E-state index contributed by atoms with van der Waals surface area (Å²) in [5, 5.41) is 117. The lowest BCUT2D eigenvalue weighted by atomic mass is 9.97. The maximum absolute atomic E-state index is 14.1. The van der Waals surface area contributed by atoms with Crippen LogP contribution in [0.4, 0.5) is 0 Å². The van der Waals surface area contributed by atoms with E-state index in [1.54, 1.807) is 27.7 Å². The first-order chi connectivity index (χ1) is 55.2. The minimum atomic E-state index is -1.62. The molecule has 0 aliphatic heterocycles. The van der Waals surface area contributed by atoms with Crippen LogP contribution in [-0.4, -0.2) is 323 Å². The van der Waals surface area contributed by atoms with Gasteiger partial charge >= 0.3 is 17.9 Å². The maximum Gasteiger partial charge on any atom is 0.317 e. The number of rotatable bonds is 58. The van der Waals surface area contributed by atoms with E-state index in [1.165, 1.54) is 53.4 Å². The first-order valence-electron chi connectivity index (χ1n) is 37.0. The number of nitrogens with one attached hydrogen (secondary N) is 16. The fourth-order valence-corrected chi connectivity index (χ4v) is 10.9. The van der Waals surface area contributed by atoms with Crippen molar-refractivity contribution in [3.63, 3.8) is 0 Å². The molecule has 47 nitrogen and oxygen atoms in total. The van der Waals surface area contributed by atoms with Crippen LogP contribution in [0.3, 0.4) is 0 Å². The SMILES string of the molecule is CC[C@H](C)[C@H](NC(=O)[C@H](Cc1ccc(O)cc1)NC(=O)CNC(=O)CN(CCN(CCN(CC(=O)O)CC(=O)NCC(=O)N[C@@H](Cc1ccc(O)cc1)C(=O)N[C@@H](C(=O)NCC(=O)N[C@@H](CO)C(=O)N[C@@H](CCCNC(=N)N)C(N)=O)[C@@H](C)CC)CC(=O)O)CC(=O)O)C(=O)NCC(=O)N[C@@H](CO)C(=O)N[C@@H](CCCNC(=N)N)C(N)=O. The summed E-state index contributed by atoms with van der Waals surface area (Å²) in [6.07, 6.45) is 0.451. The molecule has 2 aromatic rings. The van der Waals surface area contributed by atoms with Crippen molar-refractivity contribution in [2.75, 3.05) is 111 Å². The zero-order valence-electron chi connectivity index (χ0n) is 65.3. The zero-order valence-corrected chi connectivity index (χ0v) is 65.3. The third kappa shape index (κ3) is 41.8. The van der Waals surface area contributed by atoms with Crippen molar-refractivity contribution in [1.29, 1.82) is 10.8 Å². The molecule has 31 N–H and O–H groups in total. The summed E-state index contributed by atoms with van der Waals surface area (Å²) in [5.41, 5.74) is 22.1. The summed E-state index contributed by atoms with van der Waals surface area (Å²) in [6, 6.07) is -0.619. The Bertz CT molecular complexity index is 3500. The Morgan fingerprint density at radius 2 is 0.658 bits per heavy atom. The van der Waals surface area contributed by atoms with Crippen LogP contribution >= 0.6 is 0 Å². The average molecular weight is 1660 g/mol. The van der Waals surface area contributed by atoms with E-state index in [0.717, 1.165) is 9.80 Å². The number of primary amides is 2. The summed E-state index contributed by atoms with van der Waals surface area (Å²) in [6.45, 7) is -3.41. The number of carbonyl (C=O) groups is 17. The van der Waals surface area contributed by atoms with Gasteiger partial charge in [-0.25, -0.2) is 0 Å². The number of aromatic hydroxyl groups is 2. The summed E-state index contributed by atoms with van der Waals surface area (Å²) in [4.78, 5) is 225. The van der Waals surface area contributed by atoms with Crippen LogP contribution in [0, 0.1) is 22.7 Å². The highest BCUT2D eigenvalue weighted by molar-refractivity contribution is 5.98. The van der Waals surface area contributed by atoms with Crippen molar-refractivity contribution in [2.24, 2.45) is 34.8 Å². The van der Waals surface area contributed by atoms with Gasteiger partial charge in [0.05, 0.1) is 72.1 Å². The standard InChI is InChI=1S/C70H111N23O24/c1-5-38(3)59(67(116)81-29-52(100)85-48(36-94)65(114)87-44(61(71)110)9-7-19-77-69(73)74)89-63(112)46(25-40-11-15-42(96)16-12-40)83-50(98)27-79-54(102)31-92(34-57(106)107)23-21-91(33-56(104)105)22-24-93(35-58(108)109)32-55(103)80-28-51(99)84-47(26-41-13-17-43(97)18-14-41)64(113)90-60(39(4)6-2)68(117)82-30-53(101)86-49(37-95)66(115)88-45(62(72)111)10-8-20-78-70(75)76/h11-18,38-39,44-49,59-60,94-97H,5-10,19-37H2,1-4H3,(H2,71,110)(H2,72,111)(H,79,102)(H,80,103)(H,81,116)(H,82,117)(H,83,98)(H,84,99)(H,85,100)(H,86,101)(H,87,114)(H,88,115)(H,89,112)(H,90,113)(H,104,105)(H,106,107)(H,108,109)(H4,73,74,77)(H4,75,76,78)/t38-,39-,44-,45-,46-,47-,48-,49-,59-,60+/m0/s1. The van der Waals surface area contributed by atoms with E-state index in [-0.39, 0.29) is 114 Å². The molecule has 117 heavy (non-hydrogen) atoms. The zero-order chi connectivity index (χ0) is 88.0. The van der Waals surface area contributed by atoms with Gasteiger partial charge in [-0.1, -0.05) is 64.8 Å². The van der Waals surface area contributed by atoms with Crippen molar-refractivity contribution in [3.8, 4) is 11.5 Å². The van der Waals surface area contributed by atoms with Gasteiger partial charge < -0.3 is 133 Å². The lowest BCUT2D eigenvalue weighted by molar-refractivity contribution is -0.141. The Hall–Kier alpha value is -12.6. The smallest absolute Gasteiger partial charge is 0.317 e. The Balaban J connectivity index is 2.19. The second kappa shape index (κ2) is 53.4. The number of aliphatic carboxylic acids is 3. The minimum absolute atomic E-state index is 0.00324. The molecular weight excluding hydrogens is 1550 g/mol. The van der Waals surface area contributed by atoms with Crippen LogP contribution < -0.4 is 97.4 Å².